The first kappa shape index (κ1) is 19.0. The van der Waals surface area contributed by atoms with E-state index in [0.717, 1.165) is 30.6 Å². The predicted octanol–water partition coefficient (Wildman–Crippen LogP) is 2.75. The van der Waals surface area contributed by atoms with E-state index in [1.54, 1.807) is 0 Å². The Kier molecular flexibility index (Phi) is 6.05. The number of carbonyl (C=O) groups is 1. The van der Waals surface area contributed by atoms with Gasteiger partial charge in [0.25, 0.3) is 0 Å². The van der Waals surface area contributed by atoms with Crippen LogP contribution in [0.15, 0.2) is 22.1 Å². The van der Waals surface area contributed by atoms with Crippen LogP contribution >= 0.6 is 23.4 Å². The third kappa shape index (κ3) is 4.49. The molecule has 1 aromatic carbocycles. The number of hydrogen-bond acceptors (Lipinski definition) is 5. The average Bonchev–Trinajstić information content (AvgIpc) is 3.21. The second kappa shape index (κ2) is 8.28. The van der Waals surface area contributed by atoms with Gasteiger partial charge in [-0.3, -0.25) is 9.36 Å². The Hall–Kier alpha value is -1.77. The number of aromatic nitrogens is 3. The molecule has 1 aliphatic heterocycles. The summed E-state index contributed by atoms with van der Waals surface area (Å²) in [6, 6.07) is 3.77. The van der Waals surface area contributed by atoms with E-state index in [1.165, 1.54) is 16.3 Å². The lowest BCUT2D eigenvalue weighted by Gasteiger charge is -2.12. The number of aromatic amines is 1. The van der Waals surface area contributed by atoms with Crippen LogP contribution in [0, 0.1) is 13.8 Å². The quantitative estimate of drug-likeness (QED) is 0.733. The highest BCUT2D eigenvalue weighted by molar-refractivity contribution is 7.99. The Morgan fingerprint density at radius 2 is 2.31 bits per heavy atom. The summed E-state index contributed by atoms with van der Waals surface area (Å²) in [6.45, 7) is 5.01. The maximum atomic E-state index is 12.3. The molecule has 0 aliphatic carbocycles. The van der Waals surface area contributed by atoms with Crippen molar-refractivity contribution in [3.8, 4) is 0 Å². The van der Waals surface area contributed by atoms with Crippen molar-refractivity contribution in [2.24, 2.45) is 0 Å². The zero-order valence-electron chi connectivity index (χ0n) is 14.7. The minimum atomic E-state index is -0.291. The fourth-order valence-corrected chi connectivity index (χ4v) is 4.07. The molecule has 1 atom stereocenters. The Bertz CT molecular complexity index is 835. The van der Waals surface area contributed by atoms with Gasteiger partial charge in [-0.05, 0) is 43.9 Å². The second-order valence-corrected chi connectivity index (χ2v) is 7.68. The molecule has 26 heavy (non-hydrogen) atoms. The maximum absolute atomic E-state index is 12.3. The van der Waals surface area contributed by atoms with Gasteiger partial charge >= 0.3 is 5.69 Å². The fraction of sp³-hybridized carbons (Fsp3) is 0.471. The summed E-state index contributed by atoms with van der Waals surface area (Å²) in [6.07, 6.45) is 1.94. The Morgan fingerprint density at radius 1 is 1.50 bits per heavy atom. The number of anilines is 1. The summed E-state index contributed by atoms with van der Waals surface area (Å²) in [7, 11) is 0. The molecule has 140 valence electrons. The average molecular weight is 397 g/mol. The van der Waals surface area contributed by atoms with Crippen LogP contribution in [0.25, 0.3) is 0 Å². The molecular weight excluding hydrogens is 376 g/mol. The zero-order valence-corrected chi connectivity index (χ0v) is 16.2. The lowest BCUT2D eigenvalue weighted by Crippen LogP contribution is -2.25. The summed E-state index contributed by atoms with van der Waals surface area (Å²) in [5.41, 5.74) is 2.26. The Morgan fingerprint density at radius 3 is 3.00 bits per heavy atom. The van der Waals surface area contributed by atoms with Crippen LogP contribution in [0.4, 0.5) is 5.69 Å². The van der Waals surface area contributed by atoms with Crippen LogP contribution in [-0.4, -0.2) is 39.1 Å². The normalized spacial score (nSPS) is 16.8. The first-order chi connectivity index (χ1) is 12.4. The highest BCUT2D eigenvalue weighted by Gasteiger charge is 2.20. The van der Waals surface area contributed by atoms with E-state index < -0.39 is 0 Å². The smallest absolute Gasteiger partial charge is 0.344 e. The van der Waals surface area contributed by atoms with E-state index in [0.29, 0.717) is 22.4 Å². The number of halogens is 1. The standard InChI is InChI=1S/C17H21ClN4O3S/c1-10-6-11(2)15(13(18)7-10)19-14(23)9-26-17-21-20-16(24)22(17)8-12-4-3-5-25-12/h6-7,12H,3-5,8-9H2,1-2H3,(H,19,23)(H,20,24). The number of aryl methyl sites for hydroxylation is 2. The lowest BCUT2D eigenvalue weighted by molar-refractivity contribution is -0.113. The minimum absolute atomic E-state index is 0.0208. The molecule has 0 bridgehead atoms. The third-order valence-corrected chi connectivity index (χ3v) is 5.44. The molecule has 1 fully saturated rings. The van der Waals surface area contributed by atoms with Gasteiger partial charge in [-0.1, -0.05) is 29.4 Å². The number of benzene rings is 1. The van der Waals surface area contributed by atoms with E-state index >= 15 is 0 Å². The topological polar surface area (TPSA) is 89.0 Å². The van der Waals surface area contributed by atoms with E-state index in [9.17, 15) is 9.59 Å². The van der Waals surface area contributed by atoms with Crippen LogP contribution in [0.2, 0.25) is 5.02 Å². The van der Waals surface area contributed by atoms with Crippen molar-refractivity contribution >= 4 is 35.0 Å². The summed E-state index contributed by atoms with van der Waals surface area (Å²) in [5, 5.41) is 10.3. The largest absolute Gasteiger partial charge is 0.376 e. The SMILES string of the molecule is Cc1cc(C)c(NC(=O)CSc2n[nH]c(=O)n2CC2CCCO2)c(Cl)c1. The number of carbonyl (C=O) groups excluding carboxylic acids is 1. The molecule has 3 rings (SSSR count). The van der Waals surface area contributed by atoms with Crippen molar-refractivity contribution in [1.82, 2.24) is 14.8 Å². The van der Waals surface area contributed by atoms with E-state index in [2.05, 4.69) is 15.5 Å². The summed E-state index contributed by atoms with van der Waals surface area (Å²) in [4.78, 5) is 24.2. The van der Waals surface area contributed by atoms with Crippen LogP contribution in [0.5, 0.6) is 0 Å². The number of thioether (sulfide) groups is 1. The fourth-order valence-electron chi connectivity index (χ4n) is 2.95. The van der Waals surface area contributed by atoms with Gasteiger partial charge in [0.2, 0.25) is 5.91 Å². The van der Waals surface area contributed by atoms with Crippen molar-refractivity contribution in [3.63, 3.8) is 0 Å². The molecule has 1 saturated heterocycles. The molecule has 1 aromatic heterocycles. The van der Waals surface area contributed by atoms with Crippen molar-refractivity contribution in [1.29, 1.82) is 0 Å². The maximum Gasteiger partial charge on any atom is 0.344 e. The van der Waals surface area contributed by atoms with Crippen LogP contribution in [0.1, 0.15) is 24.0 Å². The molecule has 0 saturated carbocycles. The third-order valence-electron chi connectivity index (χ3n) is 4.16. The number of amides is 1. The van der Waals surface area contributed by atoms with Gasteiger partial charge in [0.05, 0.1) is 29.1 Å². The lowest BCUT2D eigenvalue weighted by atomic mass is 10.1. The van der Waals surface area contributed by atoms with Gasteiger partial charge in [0.1, 0.15) is 0 Å². The molecule has 1 unspecified atom stereocenters. The van der Waals surface area contributed by atoms with Crippen LogP contribution in [-0.2, 0) is 16.1 Å². The van der Waals surface area contributed by atoms with Gasteiger partial charge in [-0.2, -0.15) is 0 Å². The molecule has 1 amide bonds. The van der Waals surface area contributed by atoms with Crippen molar-refractivity contribution in [3.05, 3.63) is 38.8 Å². The number of nitrogens with zero attached hydrogens (tertiary/aromatic N) is 2. The molecule has 7 nitrogen and oxygen atoms in total. The Labute approximate surface area is 160 Å². The van der Waals surface area contributed by atoms with Gasteiger partial charge < -0.3 is 10.1 Å². The first-order valence-corrected chi connectivity index (χ1v) is 9.76. The first-order valence-electron chi connectivity index (χ1n) is 8.40. The highest BCUT2D eigenvalue weighted by Crippen LogP contribution is 2.27. The van der Waals surface area contributed by atoms with Crippen molar-refractivity contribution in [2.45, 2.75) is 44.5 Å². The van der Waals surface area contributed by atoms with Gasteiger partial charge in [0.15, 0.2) is 5.16 Å². The van der Waals surface area contributed by atoms with Gasteiger partial charge in [0, 0.05) is 6.61 Å². The highest BCUT2D eigenvalue weighted by atomic mass is 35.5. The number of hydrogen-bond donors (Lipinski definition) is 2. The van der Waals surface area contributed by atoms with Gasteiger partial charge in [-0.25, -0.2) is 9.89 Å². The minimum Gasteiger partial charge on any atom is -0.376 e. The molecule has 2 heterocycles. The molecule has 0 spiro atoms. The predicted molar refractivity (Wildman–Crippen MR) is 102 cm³/mol. The van der Waals surface area contributed by atoms with Crippen molar-refractivity contribution < 1.29 is 9.53 Å². The van der Waals surface area contributed by atoms with Crippen LogP contribution < -0.4 is 11.0 Å². The number of ether oxygens (including phenoxy) is 1. The number of H-pyrrole nitrogens is 1. The summed E-state index contributed by atoms with van der Waals surface area (Å²) in [5.74, 6) is -0.0811. The molecule has 2 aromatic rings. The number of rotatable bonds is 6. The molecule has 0 radical (unpaired) electrons. The van der Waals surface area contributed by atoms with E-state index in [-0.39, 0.29) is 23.5 Å². The monoisotopic (exact) mass is 396 g/mol. The molecule has 1 aliphatic rings. The van der Waals surface area contributed by atoms with Gasteiger partial charge in [-0.15, -0.1) is 5.10 Å². The molecule has 2 N–H and O–H groups in total. The van der Waals surface area contributed by atoms with E-state index in [4.69, 9.17) is 16.3 Å². The zero-order chi connectivity index (χ0) is 18.7. The molecule has 9 heteroatoms. The van der Waals surface area contributed by atoms with E-state index in [1.807, 2.05) is 26.0 Å². The van der Waals surface area contributed by atoms with Crippen LogP contribution in [0.3, 0.4) is 0 Å². The number of nitrogens with one attached hydrogen (secondary N) is 2. The molecular formula is C17H21ClN4O3S. The summed E-state index contributed by atoms with van der Waals surface area (Å²) >= 11 is 7.42. The summed E-state index contributed by atoms with van der Waals surface area (Å²) < 4.78 is 7.10. The van der Waals surface area contributed by atoms with Crippen molar-refractivity contribution in [2.75, 3.05) is 17.7 Å². The second-order valence-electron chi connectivity index (χ2n) is 6.33. The Balaban J connectivity index is 1.62.